The van der Waals surface area contributed by atoms with Crippen molar-refractivity contribution in [2.24, 2.45) is 0 Å². The number of fused-ring (bicyclic) bond motifs is 2. The van der Waals surface area contributed by atoms with Crippen LogP contribution >= 0.6 is 0 Å². The maximum atomic E-state index is 12.9. The van der Waals surface area contributed by atoms with Crippen LogP contribution in [0.15, 0.2) is 65.7 Å². The smallest absolute Gasteiger partial charge is 0.277 e. The fourth-order valence-electron chi connectivity index (χ4n) is 3.38. The second-order valence-electron chi connectivity index (χ2n) is 6.94. The number of methoxy groups -OCH3 is 1. The molecule has 0 atom stereocenters. The predicted molar refractivity (Wildman–Crippen MR) is 113 cm³/mol. The minimum absolute atomic E-state index is 0.132. The summed E-state index contributed by atoms with van der Waals surface area (Å²) in [6, 6.07) is 14.2. The third-order valence-corrected chi connectivity index (χ3v) is 4.96. The van der Waals surface area contributed by atoms with Gasteiger partial charge in [0.1, 0.15) is 17.8 Å². The Hall–Kier alpha value is -4.27. The lowest BCUT2D eigenvalue weighted by Crippen LogP contribution is -2.28. The molecule has 4 aromatic rings. The van der Waals surface area contributed by atoms with E-state index in [9.17, 15) is 9.59 Å². The van der Waals surface area contributed by atoms with E-state index in [-0.39, 0.29) is 24.8 Å². The molecule has 3 heterocycles. The van der Waals surface area contributed by atoms with E-state index in [1.165, 1.54) is 9.08 Å². The van der Waals surface area contributed by atoms with Crippen LogP contribution in [0.5, 0.6) is 17.2 Å². The molecule has 1 amide bonds. The number of carbonyl (C=O) groups excluding carboxylic acids is 1. The van der Waals surface area contributed by atoms with Crippen LogP contribution in [0.25, 0.3) is 16.8 Å². The van der Waals surface area contributed by atoms with Crippen molar-refractivity contribution < 1.29 is 19.0 Å². The fourth-order valence-corrected chi connectivity index (χ4v) is 3.38. The number of aromatic nitrogens is 3. The van der Waals surface area contributed by atoms with Crippen LogP contribution < -0.4 is 25.1 Å². The summed E-state index contributed by atoms with van der Waals surface area (Å²) in [6.45, 7) is 0.0266. The standard InChI is InChI=1S/C22H18N4O5/c1-29-16-5-2-14(3-6-16)17-11-18-22(28)25(8-9-26(18)24-17)12-21(27)23-15-4-7-19-20(10-15)31-13-30-19/h2-11H,12-13H2,1H3,(H,23,27). The monoisotopic (exact) mass is 418 g/mol. The Kier molecular flexibility index (Phi) is 4.55. The van der Waals surface area contributed by atoms with E-state index >= 15 is 0 Å². The maximum absolute atomic E-state index is 12.9. The molecule has 2 aromatic carbocycles. The predicted octanol–water partition coefficient (Wildman–Crippen LogP) is 2.54. The summed E-state index contributed by atoms with van der Waals surface area (Å²) in [4.78, 5) is 25.4. The molecule has 2 aromatic heterocycles. The van der Waals surface area contributed by atoms with E-state index in [2.05, 4.69) is 10.4 Å². The van der Waals surface area contributed by atoms with Crippen molar-refractivity contribution in [3.8, 4) is 28.5 Å². The first-order valence-corrected chi connectivity index (χ1v) is 9.53. The summed E-state index contributed by atoms with van der Waals surface area (Å²) in [5.74, 6) is 1.61. The van der Waals surface area contributed by atoms with Gasteiger partial charge in [0.05, 0.1) is 12.8 Å². The molecule has 0 saturated carbocycles. The van der Waals surface area contributed by atoms with Crippen LogP contribution in [-0.4, -0.2) is 34.0 Å². The van der Waals surface area contributed by atoms with Gasteiger partial charge in [0.2, 0.25) is 12.7 Å². The zero-order valence-electron chi connectivity index (χ0n) is 16.6. The summed E-state index contributed by atoms with van der Waals surface area (Å²) < 4.78 is 18.6. The normalized spacial score (nSPS) is 12.2. The van der Waals surface area contributed by atoms with Crippen LogP contribution in [0.2, 0.25) is 0 Å². The molecule has 0 saturated heterocycles. The number of nitrogens with zero attached hydrogens (tertiary/aromatic N) is 3. The maximum Gasteiger partial charge on any atom is 0.277 e. The highest BCUT2D eigenvalue weighted by Crippen LogP contribution is 2.34. The van der Waals surface area contributed by atoms with Gasteiger partial charge in [-0.3, -0.25) is 9.59 Å². The molecular formula is C22H18N4O5. The first-order valence-electron chi connectivity index (χ1n) is 9.53. The summed E-state index contributed by atoms with van der Waals surface area (Å²) >= 11 is 0. The van der Waals surface area contributed by atoms with Crippen molar-refractivity contribution >= 4 is 17.1 Å². The van der Waals surface area contributed by atoms with E-state index in [0.29, 0.717) is 28.4 Å². The average Bonchev–Trinajstić information content (AvgIpc) is 3.43. The number of benzene rings is 2. The minimum atomic E-state index is -0.333. The molecule has 0 spiro atoms. The Morgan fingerprint density at radius 3 is 2.71 bits per heavy atom. The summed E-state index contributed by atoms with van der Waals surface area (Å²) in [6.07, 6.45) is 3.19. The molecule has 31 heavy (non-hydrogen) atoms. The van der Waals surface area contributed by atoms with Gasteiger partial charge in [-0.05, 0) is 42.5 Å². The van der Waals surface area contributed by atoms with Gasteiger partial charge < -0.3 is 24.1 Å². The van der Waals surface area contributed by atoms with Crippen LogP contribution in [0.4, 0.5) is 5.69 Å². The molecule has 0 unspecified atom stereocenters. The van der Waals surface area contributed by atoms with Gasteiger partial charge in [0, 0.05) is 29.7 Å². The van der Waals surface area contributed by atoms with Gasteiger partial charge in [-0.2, -0.15) is 5.10 Å². The van der Waals surface area contributed by atoms with Gasteiger partial charge in [0.25, 0.3) is 5.56 Å². The molecule has 156 valence electrons. The lowest BCUT2D eigenvalue weighted by Gasteiger charge is -2.08. The third-order valence-electron chi connectivity index (χ3n) is 4.96. The van der Waals surface area contributed by atoms with E-state index in [0.717, 1.165) is 11.3 Å². The molecule has 1 aliphatic heterocycles. The van der Waals surface area contributed by atoms with Gasteiger partial charge in [-0.25, -0.2) is 4.52 Å². The lowest BCUT2D eigenvalue weighted by molar-refractivity contribution is -0.116. The number of ether oxygens (including phenoxy) is 3. The molecule has 5 rings (SSSR count). The second-order valence-corrected chi connectivity index (χ2v) is 6.94. The van der Waals surface area contributed by atoms with Crippen LogP contribution in [0, 0.1) is 0 Å². The molecule has 9 nitrogen and oxygen atoms in total. The number of hydrogen-bond donors (Lipinski definition) is 1. The topological polar surface area (TPSA) is 96.1 Å². The Morgan fingerprint density at radius 2 is 1.90 bits per heavy atom. The highest BCUT2D eigenvalue weighted by atomic mass is 16.7. The quantitative estimate of drug-likeness (QED) is 0.535. The Labute approximate surface area is 176 Å². The van der Waals surface area contributed by atoms with Crippen molar-refractivity contribution in [2.45, 2.75) is 6.54 Å². The first-order chi connectivity index (χ1) is 15.1. The molecular weight excluding hydrogens is 400 g/mol. The summed E-state index contributed by atoms with van der Waals surface area (Å²) in [7, 11) is 1.60. The molecule has 0 aliphatic carbocycles. The van der Waals surface area contributed by atoms with Gasteiger partial charge >= 0.3 is 0 Å². The molecule has 1 aliphatic rings. The number of carbonyl (C=O) groups is 1. The van der Waals surface area contributed by atoms with Crippen LogP contribution in [0.3, 0.4) is 0 Å². The summed E-state index contributed by atoms with van der Waals surface area (Å²) in [5.41, 5.74) is 2.15. The lowest BCUT2D eigenvalue weighted by atomic mass is 10.1. The van der Waals surface area contributed by atoms with Crippen molar-refractivity contribution in [1.29, 1.82) is 0 Å². The minimum Gasteiger partial charge on any atom is -0.497 e. The molecule has 9 heteroatoms. The Bertz CT molecular complexity index is 1340. The molecule has 1 N–H and O–H groups in total. The summed E-state index contributed by atoms with van der Waals surface area (Å²) in [5, 5.41) is 7.23. The van der Waals surface area contributed by atoms with E-state index in [1.807, 2.05) is 24.3 Å². The van der Waals surface area contributed by atoms with Crippen molar-refractivity contribution in [3.63, 3.8) is 0 Å². The highest BCUT2D eigenvalue weighted by molar-refractivity contribution is 5.91. The second kappa shape index (κ2) is 7.52. The average molecular weight is 418 g/mol. The number of anilines is 1. The SMILES string of the molecule is COc1ccc(-c2cc3c(=O)n(CC(=O)Nc4ccc5c(c4)OCO5)ccn3n2)cc1. The van der Waals surface area contributed by atoms with Gasteiger partial charge in [-0.15, -0.1) is 0 Å². The van der Waals surface area contributed by atoms with Crippen molar-refractivity contribution in [3.05, 3.63) is 71.3 Å². The van der Waals surface area contributed by atoms with E-state index < -0.39 is 0 Å². The van der Waals surface area contributed by atoms with Crippen molar-refractivity contribution in [1.82, 2.24) is 14.2 Å². The number of nitrogens with one attached hydrogen (secondary N) is 1. The van der Waals surface area contributed by atoms with E-state index in [4.69, 9.17) is 14.2 Å². The van der Waals surface area contributed by atoms with Gasteiger partial charge in [0.15, 0.2) is 11.5 Å². The molecule has 0 bridgehead atoms. The molecule has 0 fully saturated rings. The fraction of sp³-hybridized carbons (Fsp3) is 0.136. The van der Waals surface area contributed by atoms with Crippen molar-refractivity contribution in [2.75, 3.05) is 19.2 Å². The number of hydrogen-bond acceptors (Lipinski definition) is 6. The third kappa shape index (κ3) is 3.57. The largest absolute Gasteiger partial charge is 0.497 e. The zero-order chi connectivity index (χ0) is 21.4. The highest BCUT2D eigenvalue weighted by Gasteiger charge is 2.15. The first kappa shape index (κ1) is 18.7. The molecule has 0 radical (unpaired) electrons. The number of amides is 1. The van der Waals surface area contributed by atoms with Gasteiger partial charge in [-0.1, -0.05) is 0 Å². The van der Waals surface area contributed by atoms with Crippen LogP contribution in [-0.2, 0) is 11.3 Å². The number of rotatable bonds is 5. The van der Waals surface area contributed by atoms with Crippen LogP contribution in [0.1, 0.15) is 0 Å². The zero-order valence-corrected chi connectivity index (χ0v) is 16.6. The Balaban J connectivity index is 1.36. The van der Waals surface area contributed by atoms with E-state index in [1.54, 1.807) is 43.8 Å². The Morgan fingerprint density at radius 1 is 1.10 bits per heavy atom.